The van der Waals surface area contributed by atoms with Gasteiger partial charge in [-0.15, -0.1) is 11.3 Å². The zero-order valence-corrected chi connectivity index (χ0v) is 16.2. The van der Waals surface area contributed by atoms with Crippen LogP contribution in [0.3, 0.4) is 0 Å². The van der Waals surface area contributed by atoms with Gasteiger partial charge >= 0.3 is 0 Å². The maximum atomic E-state index is 12.8. The molecule has 2 aliphatic rings. The van der Waals surface area contributed by atoms with Crippen molar-refractivity contribution in [1.29, 1.82) is 0 Å². The van der Waals surface area contributed by atoms with Crippen molar-refractivity contribution in [2.45, 2.75) is 26.2 Å². The number of thiophene rings is 1. The van der Waals surface area contributed by atoms with Crippen LogP contribution in [0.2, 0.25) is 0 Å². The molecule has 1 aromatic carbocycles. The molecule has 0 bridgehead atoms. The highest BCUT2D eigenvalue weighted by Crippen LogP contribution is 2.33. The van der Waals surface area contributed by atoms with Crippen LogP contribution in [-0.4, -0.2) is 36.3 Å². The van der Waals surface area contributed by atoms with Crippen LogP contribution in [-0.2, 0) is 9.59 Å². The molecule has 2 aliphatic heterocycles. The lowest BCUT2D eigenvalue weighted by atomic mass is 10.1. The van der Waals surface area contributed by atoms with Crippen LogP contribution in [0.25, 0.3) is 5.57 Å². The Hall–Kier alpha value is -2.60. The van der Waals surface area contributed by atoms with Gasteiger partial charge in [0.15, 0.2) is 0 Å². The van der Waals surface area contributed by atoms with Gasteiger partial charge < -0.3 is 10.2 Å². The summed E-state index contributed by atoms with van der Waals surface area (Å²) in [7, 11) is 0. The van der Waals surface area contributed by atoms with E-state index in [0.717, 1.165) is 23.7 Å². The van der Waals surface area contributed by atoms with Gasteiger partial charge in [-0.05, 0) is 61.9 Å². The minimum Gasteiger partial charge on any atom is -0.372 e. The van der Waals surface area contributed by atoms with Crippen molar-refractivity contribution < 1.29 is 9.59 Å². The molecule has 5 nitrogen and oxygen atoms in total. The van der Waals surface area contributed by atoms with Gasteiger partial charge in [0.25, 0.3) is 11.8 Å². The van der Waals surface area contributed by atoms with E-state index < -0.39 is 0 Å². The lowest BCUT2D eigenvalue weighted by molar-refractivity contribution is -0.136. The first-order chi connectivity index (χ1) is 13.2. The number of hydrogen-bond donors (Lipinski definition) is 1. The normalized spacial score (nSPS) is 17.8. The summed E-state index contributed by atoms with van der Waals surface area (Å²) in [5, 5.41) is 5.13. The van der Waals surface area contributed by atoms with E-state index in [-0.39, 0.29) is 11.8 Å². The molecular weight excluding hydrogens is 358 g/mol. The minimum atomic E-state index is -0.258. The van der Waals surface area contributed by atoms with Crippen molar-refractivity contribution >= 4 is 40.1 Å². The number of amides is 2. The highest BCUT2D eigenvalue weighted by atomic mass is 32.1. The second kappa shape index (κ2) is 7.56. The van der Waals surface area contributed by atoms with Gasteiger partial charge in [-0.1, -0.05) is 6.07 Å². The van der Waals surface area contributed by atoms with Crippen LogP contribution in [0.5, 0.6) is 0 Å². The number of rotatable bonds is 5. The summed E-state index contributed by atoms with van der Waals surface area (Å²) >= 11 is 1.47. The van der Waals surface area contributed by atoms with Gasteiger partial charge in [-0.25, -0.2) is 0 Å². The van der Waals surface area contributed by atoms with Gasteiger partial charge in [0.1, 0.15) is 5.70 Å². The van der Waals surface area contributed by atoms with E-state index >= 15 is 0 Å². The van der Waals surface area contributed by atoms with Crippen LogP contribution < -0.4 is 10.2 Å². The number of likely N-dealkylation sites (N-methyl/N-ethyl adjacent to an activating group) is 1. The zero-order valence-electron chi connectivity index (χ0n) is 15.4. The molecule has 0 aliphatic carbocycles. The molecule has 6 heteroatoms. The summed E-state index contributed by atoms with van der Waals surface area (Å²) in [6.07, 6.45) is 3.78. The molecule has 1 N–H and O–H groups in total. The lowest BCUT2D eigenvalue weighted by Gasteiger charge is -2.28. The maximum Gasteiger partial charge on any atom is 0.278 e. The van der Waals surface area contributed by atoms with Crippen LogP contribution in [0, 0.1) is 0 Å². The van der Waals surface area contributed by atoms with Crippen molar-refractivity contribution in [3.05, 3.63) is 52.4 Å². The Morgan fingerprint density at radius 3 is 2.37 bits per heavy atom. The van der Waals surface area contributed by atoms with Crippen LogP contribution in [0.1, 0.15) is 31.1 Å². The SMILES string of the molecule is CCN1C(=O)C(Nc2ccc(N3CCCCC3)cc2)=C(c2cccs2)C1=O. The molecule has 1 saturated heterocycles. The van der Waals surface area contributed by atoms with Crippen molar-refractivity contribution in [2.75, 3.05) is 29.9 Å². The van der Waals surface area contributed by atoms with Crippen molar-refractivity contribution in [1.82, 2.24) is 4.90 Å². The van der Waals surface area contributed by atoms with Gasteiger partial charge in [0, 0.05) is 35.9 Å². The molecule has 4 rings (SSSR count). The molecule has 0 saturated carbocycles. The fourth-order valence-electron chi connectivity index (χ4n) is 3.68. The second-order valence-electron chi connectivity index (χ2n) is 6.80. The molecule has 2 aromatic rings. The van der Waals surface area contributed by atoms with E-state index in [2.05, 4.69) is 22.3 Å². The first kappa shape index (κ1) is 17.8. The molecule has 2 amide bonds. The second-order valence-corrected chi connectivity index (χ2v) is 7.75. The summed E-state index contributed by atoms with van der Waals surface area (Å²) < 4.78 is 0. The quantitative estimate of drug-likeness (QED) is 0.797. The first-order valence-corrected chi connectivity index (χ1v) is 10.3. The molecule has 140 valence electrons. The summed E-state index contributed by atoms with van der Waals surface area (Å²) in [5.41, 5.74) is 2.86. The van der Waals surface area contributed by atoms with Gasteiger partial charge in [-0.2, -0.15) is 0 Å². The van der Waals surface area contributed by atoms with Gasteiger partial charge in [0.2, 0.25) is 0 Å². The Labute approximate surface area is 163 Å². The third kappa shape index (κ3) is 3.37. The van der Waals surface area contributed by atoms with Crippen molar-refractivity contribution in [3.8, 4) is 0 Å². The first-order valence-electron chi connectivity index (χ1n) is 9.45. The average Bonchev–Trinajstić information content (AvgIpc) is 3.30. The highest BCUT2D eigenvalue weighted by Gasteiger charge is 2.38. The zero-order chi connectivity index (χ0) is 18.8. The summed E-state index contributed by atoms with van der Waals surface area (Å²) in [5.74, 6) is -0.483. The van der Waals surface area contributed by atoms with E-state index in [1.165, 1.54) is 41.2 Å². The number of hydrogen-bond acceptors (Lipinski definition) is 5. The van der Waals surface area contributed by atoms with E-state index in [1.807, 2.05) is 36.6 Å². The molecule has 0 spiro atoms. The summed E-state index contributed by atoms with van der Waals surface area (Å²) in [6.45, 7) is 4.38. The third-order valence-electron chi connectivity index (χ3n) is 5.11. The maximum absolute atomic E-state index is 12.8. The third-order valence-corrected chi connectivity index (χ3v) is 6.00. The predicted octanol–water partition coefficient (Wildman–Crippen LogP) is 3.95. The smallest absolute Gasteiger partial charge is 0.278 e. The number of carbonyl (C=O) groups is 2. The number of benzene rings is 1. The number of imide groups is 1. The fourth-order valence-corrected chi connectivity index (χ4v) is 4.45. The average molecular weight is 382 g/mol. The Kier molecular flexibility index (Phi) is 4.99. The van der Waals surface area contributed by atoms with Crippen molar-refractivity contribution in [3.63, 3.8) is 0 Å². The monoisotopic (exact) mass is 381 g/mol. The molecule has 0 unspecified atom stereocenters. The van der Waals surface area contributed by atoms with Crippen LogP contribution in [0.4, 0.5) is 11.4 Å². The molecule has 0 radical (unpaired) electrons. The number of nitrogens with one attached hydrogen (secondary N) is 1. The summed E-state index contributed by atoms with van der Waals surface area (Å²) in [4.78, 5) is 30.0. The molecule has 27 heavy (non-hydrogen) atoms. The highest BCUT2D eigenvalue weighted by molar-refractivity contribution is 7.11. The number of nitrogens with zero attached hydrogens (tertiary/aromatic N) is 2. The van der Waals surface area contributed by atoms with E-state index in [1.54, 1.807) is 0 Å². The number of anilines is 2. The number of carbonyl (C=O) groups excluding carboxylic acids is 2. The van der Waals surface area contributed by atoms with Gasteiger partial charge in [0.05, 0.1) is 5.57 Å². The Morgan fingerprint density at radius 1 is 1.00 bits per heavy atom. The minimum absolute atomic E-state index is 0.225. The van der Waals surface area contributed by atoms with Crippen LogP contribution >= 0.6 is 11.3 Å². The lowest BCUT2D eigenvalue weighted by Crippen LogP contribution is -2.32. The van der Waals surface area contributed by atoms with Gasteiger partial charge in [-0.3, -0.25) is 14.5 Å². The molecule has 1 fully saturated rings. The van der Waals surface area contributed by atoms with Crippen LogP contribution in [0.15, 0.2) is 47.5 Å². The van der Waals surface area contributed by atoms with E-state index in [9.17, 15) is 9.59 Å². The molecule has 0 atom stereocenters. The Morgan fingerprint density at radius 2 is 1.74 bits per heavy atom. The number of piperidine rings is 1. The molecule has 1 aromatic heterocycles. The Balaban J connectivity index is 1.61. The molecular formula is C21H23N3O2S. The topological polar surface area (TPSA) is 52.7 Å². The van der Waals surface area contributed by atoms with E-state index in [4.69, 9.17) is 0 Å². The van der Waals surface area contributed by atoms with Crippen molar-refractivity contribution in [2.24, 2.45) is 0 Å². The molecule has 3 heterocycles. The summed E-state index contributed by atoms with van der Waals surface area (Å²) in [6, 6.07) is 11.9. The standard InChI is InChI=1S/C21H23N3O2S/c1-2-24-20(25)18(17-7-6-14-27-17)19(21(24)26)22-15-8-10-16(11-9-15)23-12-4-3-5-13-23/h6-11,14,22H,2-5,12-13H2,1H3. The predicted molar refractivity (Wildman–Crippen MR) is 110 cm³/mol. The van der Waals surface area contributed by atoms with E-state index in [0.29, 0.717) is 17.8 Å². The largest absolute Gasteiger partial charge is 0.372 e. The Bertz CT molecular complexity index is 865. The fraction of sp³-hybridized carbons (Fsp3) is 0.333.